The average molecular weight is 220 g/mol. The number of hydrogen-bond donors (Lipinski definition) is 0. The van der Waals surface area contributed by atoms with Crippen molar-refractivity contribution in [3.05, 3.63) is 35.9 Å². The molecule has 2 unspecified atom stereocenters. The Morgan fingerprint density at radius 1 is 1.40 bits per heavy atom. The van der Waals surface area contributed by atoms with Crippen molar-refractivity contribution in [2.75, 3.05) is 0 Å². The first-order chi connectivity index (χ1) is 7.14. The van der Waals surface area contributed by atoms with Crippen LogP contribution in [0, 0.1) is 0 Å². The van der Waals surface area contributed by atoms with Crippen LogP contribution in [0.4, 0.5) is 0 Å². The number of carbonyl (C=O) groups is 1. The molecule has 2 rings (SSSR count). The van der Waals surface area contributed by atoms with E-state index in [1.807, 2.05) is 44.2 Å². The molecule has 0 aliphatic carbocycles. The van der Waals surface area contributed by atoms with Crippen LogP contribution >= 0.6 is 11.9 Å². The van der Waals surface area contributed by atoms with E-state index in [9.17, 15) is 4.79 Å². The molecular formula is C11H12N2OS. The fourth-order valence-electron chi connectivity index (χ4n) is 1.47. The van der Waals surface area contributed by atoms with Crippen LogP contribution in [0.2, 0.25) is 0 Å². The SMILES string of the molecule is CC1SN=NC1(C)C(=O)c1ccccc1. The van der Waals surface area contributed by atoms with Gasteiger partial charge in [0.2, 0.25) is 0 Å². The maximum Gasteiger partial charge on any atom is 0.193 e. The summed E-state index contributed by atoms with van der Waals surface area (Å²) >= 11 is 1.36. The van der Waals surface area contributed by atoms with E-state index < -0.39 is 5.54 Å². The standard InChI is InChI=1S/C11H12N2OS/c1-8-11(2,12-13-15-8)10(14)9-6-4-3-5-7-9/h3-8H,1-2H3. The van der Waals surface area contributed by atoms with E-state index in [0.717, 1.165) is 0 Å². The fraction of sp³-hybridized carbons (Fsp3) is 0.364. The van der Waals surface area contributed by atoms with Gasteiger partial charge in [-0.2, -0.15) is 5.11 Å². The van der Waals surface area contributed by atoms with Crippen LogP contribution in [-0.4, -0.2) is 16.6 Å². The molecule has 0 spiro atoms. The number of rotatable bonds is 2. The summed E-state index contributed by atoms with van der Waals surface area (Å²) in [6, 6.07) is 9.26. The maximum absolute atomic E-state index is 12.2. The minimum atomic E-state index is -0.702. The summed E-state index contributed by atoms with van der Waals surface area (Å²) in [4.78, 5) is 12.2. The van der Waals surface area contributed by atoms with Crippen LogP contribution in [0.15, 0.2) is 40.0 Å². The Morgan fingerprint density at radius 3 is 2.60 bits per heavy atom. The van der Waals surface area contributed by atoms with E-state index in [0.29, 0.717) is 5.56 Å². The van der Waals surface area contributed by atoms with Gasteiger partial charge in [-0.15, -0.1) is 4.52 Å². The van der Waals surface area contributed by atoms with Crippen LogP contribution in [0.3, 0.4) is 0 Å². The zero-order chi connectivity index (χ0) is 10.9. The van der Waals surface area contributed by atoms with Crippen LogP contribution < -0.4 is 0 Å². The molecule has 0 bridgehead atoms. The molecule has 1 aliphatic heterocycles. The lowest BCUT2D eigenvalue weighted by Crippen LogP contribution is -2.39. The predicted molar refractivity (Wildman–Crippen MR) is 61.1 cm³/mol. The summed E-state index contributed by atoms with van der Waals surface area (Å²) in [5, 5.41) is 4.17. The third-order valence-corrected chi connectivity index (χ3v) is 3.69. The molecule has 1 aromatic rings. The normalized spacial score (nSPS) is 29.3. The smallest absolute Gasteiger partial charge is 0.193 e. The Bertz CT molecular complexity index is 404. The van der Waals surface area contributed by atoms with Crippen molar-refractivity contribution < 1.29 is 4.79 Å². The van der Waals surface area contributed by atoms with Gasteiger partial charge in [-0.1, -0.05) is 30.3 Å². The number of nitrogens with zero attached hydrogens (tertiary/aromatic N) is 2. The molecule has 2 atom stereocenters. The van der Waals surface area contributed by atoms with Crippen LogP contribution in [0.5, 0.6) is 0 Å². The highest BCUT2D eigenvalue weighted by Crippen LogP contribution is 2.37. The van der Waals surface area contributed by atoms with E-state index in [-0.39, 0.29) is 11.0 Å². The van der Waals surface area contributed by atoms with Crippen LogP contribution in [0.1, 0.15) is 24.2 Å². The van der Waals surface area contributed by atoms with Gasteiger partial charge in [0.15, 0.2) is 11.3 Å². The minimum Gasteiger partial charge on any atom is -0.291 e. The fourth-order valence-corrected chi connectivity index (χ4v) is 2.19. The first-order valence-corrected chi connectivity index (χ1v) is 5.66. The molecule has 0 radical (unpaired) electrons. The molecule has 0 aromatic heterocycles. The lowest BCUT2D eigenvalue weighted by atomic mass is 9.89. The molecule has 0 saturated heterocycles. The molecule has 0 amide bonds. The van der Waals surface area contributed by atoms with Crippen molar-refractivity contribution in [2.45, 2.75) is 24.6 Å². The van der Waals surface area contributed by atoms with Gasteiger partial charge in [0.05, 0.1) is 5.25 Å². The van der Waals surface area contributed by atoms with E-state index >= 15 is 0 Å². The molecule has 4 heteroatoms. The van der Waals surface area contributed by atoms with Crippen LogP contribution in [0.25, 0.3) is 0 Å². The largest absolute Gasteiger partial charge is 0.291 e. The molecule has 1 aromatic carbocycles. The Morgan fingerprint density at radius 2 is 2.07 bits per heavy atom. The average Bonchev–Trinajstić information content (AvgIpc) is 2.61. The zero-order valence-electron chi connectivity index (χ0n) is 8.68. The van der Waals surface area contributed by atoms with Crippen molar-refractivity contribution in [3.63, 3.8) is 0 Å². The molecule has 1 heterocycles. The second kappa shape index (κ2) is 3.77. The third kappa shape index (κ3) is 1.69. The second-order valence-electron chi connectivity index (χ2n) is 3.77. The third-order valence-electron chi connectivity index (χ3n) is 2.74. The summed E-state index contributed by atoms with van der Waals surface area (Å²) in [6.45, 7) is 3.82. The first-order valence-electron chi connectivity index (χ1n) is 4.82. The summed E-state index contributed by atoms with van der Waals surface area (Å²) in [6.07, 6.45) is 0. The molecule has 78 valence electrons. The topological polar surface area (TPSA) is 41.8 Å². The van der Waals surface area contributed by atoms with Crippen molar-refractivity contribution in [1.82, 2.24) is 0 Å². The van der Waals surface area contributed by atoms with Gasteiger partial charge in [-0.05, 0) is 13.8 Å². The number of Topliss-reactive ketones (excluding diaryl/α,β-unsaturated/α-hetero) is 1. The van der Waals surface area contributed by atoms with Gasteiger partial charge in [-0.3, -0.25) is 4.79 Å². The van der Waals surface area contributed by atoms with E-state index in [2.05, 4.69) is 9.63 Å². The lowest BCUT2D eigenvalue weighted by Gasteiger charge is -2.21. The van der Waals surface area contributed by atoms with Gasteiger partial charge < -0.3 is 0 Å². The van der Waals surface area contributed by atoms with Crippen molar-refractivity contribution in [2.24, 2.45) is 9.63 Å². The van der Waals surface area contributed by atoms with E-state index in [1.54, 1.807) is 0 Å². The molecule has 3 nitrogen and oxygen atoms in total. The number of hydrogen-bond acceptors (Lipinski definition) is 4. The molecule has 1 aliphatic rings. The minimum absolute atomic E-state index is 0.0457. The Hall–Kier alpha value is -1.16. The highest BCUT2D eigenvalue weighted by molar-refractivity contribution is 7.98. The van der Waals surface area contributed by atoms with E-state index in [4.69, 9.17) is 0 Å². The predicted octanol–water partition coefficient (Wildman–Crippen LogP) is 3.13. The van der Waals surface area contributed by atoms with Gasteiger partial charge in [0, 0.05) is 17.5 Å². The highest BCUT2D eigenvalue weighted by atomic mass is 32.2. The maximum atomic E-state index is 12.2. The van der Waals surface area contributed by atoms with Crippen LogP contribution in [-0.2, 0) is 0 Å². The summed E-state index contributed by atoms with van der Waals surface area (Å²) < 4.78 is 3.88. The van der Waals surface area contributed by atoms with Gasteiger partial charge in [0.25, 0.3) is 0 Å². The van der Waals surface area contributed by atoms with Crippen molar-refractivity contribution >= 4 is 17.7 Å². The van der Waals surface area contributed by atoms with Crippen molar-refractivity contribution in [1.29, 1.82) is 0 Å². The zero-order valence-corrected chi connectivity index (χ0v) is 9.49. The molecule has 0 fully saturated rings. The quantitative estimate of drug-likeness (QED) is 0.567. The molecule has 15 heavy (non-hydrogen) atoms. The number of ketones is 1. The summed E-state index contributed by atoms with van der Waals surface area (Å²) in [5.74, 6) is 0.0457. The summed E-state index contributed by atoms with van der Waals surface area (Å²) in [5.41, 5.74) is -0.000231. The Balaban J connectivity index is 2.33. The van der Waals surface area contributed by atoms with E-state index in [1.165, 1.54) is 11.9 Å². The Labute approximate surface area is 93.1 Å². The van der Waals surface area contributed by atoms with Gasteiger partial charge >= 0.3 is 0 Å². The monoisotopic (exact) mass is 220 g/mol. The Kier molecular flexibility index (Phi) is 2.61. The van der Waals surface area contributed by atoms with Gasteiger partial charge in [0.1, 0.15) is 0 Å². The first kappa shape index (κ1) is 10.4. The lowest BCUT2D eigenvalue weighted by molar-refractivity contribution is 0.0903. The highest BCUT2D eigenvalue weighted by Gasteiger charge is 2.43. The second-order valence-corrected chi connectivity index (χ2v) is 4.85. The number of benzene rings is 1. The molecule has 0 saturated carbocycles. The molecule has 0 N–H and O–H groups in total. The molecular weight excluding hydrogens is 208 g/mol. The van der Waals surface area contributed by atoms with Gasteiger partial charge in [-0.25, -0.2) is 0 Å². The summed E-state index contributed by atoms with van der Waals surface area (Å²) in [7, 11) is 0. The van der Waals surface area contributed by atoms with Crippen molar-refractivity contribution in [3.8, 4) is 0 Å². The number of carbonyl (C=O) groups excluding carboxylic acids is 1.